The van der Waals surface area contributed by atoms with E-state index in [1.54, 1.807) is 7.11 Å². The summed E-state index contributed by atoms with van der Waals surface area (Å²) in [4.78, 5) is 21.4. The summed E-state index contributed by atoms with van der Waals surface area (Å²) in [5.74, 6) is 0.964. The molecule has 2 unspecified atom stereocenters. The second-order valence-corrected chi connectivity index (χ2v) is 7.57. The fraction of sp³-hybridized carbons (Fsp3) is 0.765. The Morgan fingerprint density at radius 3 is 2.81 bits per heavy atom. The Morgan fingerprint density at radius 2 is 2.19 bits per heavy atom. The minimum Gasteiger partial charge on any atom is -0.491 e. The van der Waals surface area contributed by atoms with Crippen LogP contribution in [0.5, 0.6) is 0 Å². The summed E-state index contributed by atoms with van der Waals surface area (Å²) in [7, 11) is 3.62. The highest BCUT2D eigenvalue weighted by atomic mass is 127. The summed E-state index contributed by atoms with van der Waals surface area (Å²) >= 11 is 1.98. The molecule has 9 nitrogen and oxygen atoms in total. The minimum absolute atomic E-state index is 0.0573. The van der Waals surface area contributed by atoms with Crippen molar-refractivity contribution in [3.05, 3.63) is 11.5 Å². The van der Waals surface area contributed by atoms with Gasteiger partial charge in [0.1, 0.15) is 12.4 Å². The molecule has 0 saturated carbocycles. The predicted molar refractivity (Wildman–Crippen MR) is 109 cm³/mol. The Bertz CT molecular complexity index is 606. The van der Waals surface area contributed by atoms with Gasteiger partial charge in [0.15, 0.2) is 11.6 Å². The molecule has 0 aromatic heterocycles. The monoisotopic (exact) mass is 493 g/mol. The van der Waals surface area contributed by atoms with Gasteiger partial charge in [-0.1, -0.05) is 0 Å². The number of aliphatic hydroxyl groups is 1. The van der Waals surface area contributed by atoms with Crippen LogP contribution < -0.4 is 8.85 Å². The molecule has 3 heterocycles. The highest BCUT2D eigenvalue weighted by molar-refractivity contribution is 14.1. The second kappa shape index (κ2) is 9.39. The molecule has 0 radical (unpaired) electrons. The molecule has 0 bridgehead atoms. The number of hydrogen-bond donors (Lipinski definition) is 3. The van der Waals surface area contributed by atoms with Gasteiger partial charge in [-0.25, -0.2) is 4.99 Å². The summed E-state index contributed by atoms with van der Waals surface area (Å²) < 4.78 is 13.7. The molecule has 0 spiro atoms. The molecule has 2 atom stereocenters. The van der Waals surface area contributed by atoms with Crippen LogP contribution in [-0.2, 0) is 14.3 Å². The van der Waals surface area contributed by atoms with Crippen molar-refractivity contribution in [1.29, 1.82) is 0 Å². The number of aliphatic hydroxyl groups excluding tert-OH is 1. The van der Waals surface area contributed by atoms with E-state index in [1.807, 2.05) is 27.8 Å². The third-order valence-corrected chi connectivity index (χ3v) is 6.10. The van der Waals surface area contributed by atoms with E-state index in [1.165, 1.54) is 0 Å². The lowest BCUT2D eigenvalue weighted by molar-refractivity contribution is -0.130. The van der Waals surface area contributed by atoms with Crippen LogP contribution in [0.2, 0.25) is 0 Å². The summed E-state index contributed by atoms with van der Waals surface area (Å²) in [6, 6.07) is 0.484. The van der Waals surface area contributed by atoms with Crippen molar-refractivity contribution in [2.24, 2.45) is 4.99 Å². The zero-order valence-corrected chi connectivity index (χ0v) is 17.9. The Kier molecular flexibility index (Phi) is 7.17. The van der Waals surface area contributed by atoms with E-state index in [4.69, 9.17) is 9.47 Å². The maximum atomic E-state index is 13.0. The van der Waals surface area contributed by atoms with Crippen molar-refractivity contribution in [1.82, 2.24) is 18.6 Å². The first-order valence-electron chi connectivity index (χ1n) is 9.27. The van der Waals surface area contributed by atoms with E-state index < -0.39 is 6.10 Å². The Labute approximate surface area is 173 Å². The van der Waals surface area contributed by atoms with Crippen molar-refractivity contribution < 1.29 is 19.4 Å². The lowest BCUT2D eigenvalue weighted by Crippen LogP contribution is -2.54. The van der Waals surface area contributed by atoms with Gasteiger partial charge < -0.3 is 28.3 Å². The van der Waals surface area contributed by atoms with Crippen molar-refractivity contribution in [2.75, 3.05) is 47.1 Å². The number of likely N-dealkylation sites (N-methyl/N-ethyl adjacent to an activating group) is 1. The van der Waals surface area contributed by atoms with Crippen LogP contribution in [0.15, 0.2) is 16.4 Å². The number of halogens is 1. The number of carbonyl (C=O) groups is 1. The SMILES string of the molecule is COC1=C(C(=O)N2CCC(N(C)C3CCOCC3O)CC2)NCN=C1NI. The van der Waals surface area contributed by atoms with Gasteiger partial charge in [-0.15, -0.1) is 0 Å². The van der Waals surface area contributed by atoms with Crippen LogP contribution >= 0.6 is 22.9 Å². The van der Waals surface area contributed by atoms with Gasteiger partial charge in [-0.2, -0.15) is 0 Å². The molecule has 1 amide bonds. The van der Waals surface area contributed by atoms with Crippen LogP contribution in [0.25, 0.3) is 0 Å². The summed E-state index contributed by atoms with van der Waals surface area (Å²) in [6.07, 6.45) is 2.17. The van der Waals surface area contributed by atoms with Crippen LogP contribution in [-0.4, -0.2) is 92.0 Å². The molecule has 3 N–H and O–H groups in total. The summed E-state index contributed by atoms with van der Waals surface area (Å²) in [6.45, 7) is 2.80. The first-order valence-corrected chi connectivity index (χ1v) is 10.3. The third kappa shape index (κ3) is 4.49. The van der Waals surface area contributed by atoms with E-state index in [0.29, 0.717) is 56.3 Å². The molecule has 2 fully saturated rings. The smallest absolute Gasteiger partial charge is 0.274 e. The molecule has 0 aliphatic carbocycles. The molecule has 27 heavy (non-hydrogen) atoms. The maximum absolute atomic E-state index is 13.0. The molecule has 3 rings (SSSR count). The predicted octanol–water partition coefficient (Wildman–Crippen LogP) is -0.184. The maximum Gasteiger partial charge on any atom is 0.274 e. The van der Waals surface area contributed by atoms with Crippen molar-refractivity contribution in [3.63, 3.8) is 0 Å². The molecular weight excluding hydrogens is 465 g/mol. The normalized spacial score (nSPS) is 27.3. The number of hydrogen-bond acceptors (Lipinski definition) is 8. The van der Waals surface area contributed by atoms with Gasteiger partial charge in [0, 0.05) is 31.8 Å². The van der Waals surface area contributed by atoms with Gasteiger partial charge in [0.25, 0.3) is 5.91 Å². The molecule has 2 saturated heterocycles. The average Bonchev–Trinajstić information content (AvgIpc) is 2.72. The first kappa shape index (κ1) is 20.6. The average molecular weight is 493 g/mol. The van der Waals surface area contributed by atoms with E-state index >= 15 is 0 Å². The summed E-state index contributed by atoms with van der Waals surface area (Å²) in [5, 5.41) is 13.3. The number of nitrogens with zero attached hydrogens (tertiary/aromatic N) is 3. The molecule has 152 valence electrons. The van der Waals surface area contributed by atoms with Crippen molar-refractivity contribution in [3.8, 4) is 0 Å². The largest absolute Gasteiger partial charge is 0.491 e. The molecule has 0 aromatic carbocycles. The number of methoxy groups -OCH3 is 1. The Hall–Kier alpha value is -1.11. The van der Waals surface area contributed by atoms with Crippen LogP contribution in [0.4, 0.5) is 0 Å². The van der Waals surface area contributed by atoms with Crippen LogP contribution in [0.1, 0.15) is 19.3 Å². The number of amidine groups is 1. The van der Waals surface area contributed by atoms with Gasteiger partial charge in [0.05, 0.1) is 42.7 Å². The minimum atomic E-state index is -0.442. The zero-order chi connectivity index (χ0) is 19.4. The van der Waals surface area contributed by atoms with E-state index in [9.17, 15) is 9.90 Å². The fourth-order valence-corrected chi connectivity index (χ4v) is 4.42. The lowest BCUT2D eigenvalue weighted by Gasteiger charge is -2.43. The van der Waals surface area contributed by atoms with E-state index in [0.717, 1.165) is 19.3 Å². The number of ether oxygens (including phenoxy) is 2. The number of carbonyl (C=O) groups excluding carboxylic acids is 1. The highest BCUT2D eigenvalue weighted by Gasteiger charge is 2.35. The molecule has 3 aliphatic heterocycles. The zero-order valence-electron chi connectivity index (χ0n) is 15.8. The first-order chi connectivity index (χ1) is 13.1. The van der Waals surface area contributed by atoms with E-state index in [-0.39, 0.29) is 11.9 Å². The molecule has 10 heteroatoms. The summed E-state index contributed by atoms with van der Waals surface area (Å²) in [5.41, 5.74) is 0.457. The molecular formula is C17H28IN5O4. The van der Waals surface area contributed by atoms with Crippen molar-refractivity contribution in [2.45, 2.75) is 37.5 Å². The molecule has 0 aromatic rings. The fourth-order valence-electron chi connectivity index (χ4n) is 4.00. The number of rotatable bonds is 4. The third-order valence-electron chi connectivity index (χ3n) is 5.58. The lowest BCUT2D eigenvalue weighted by atomic mass is 9.97. The highest BCUT2D eigenvalue weighted by Crippen LogP contribution is 2.24. The van der Waals surface area contributed by atoms with Gasteiger partial charge in [0.2, 0.25) is 0 Å². The second-order valence-electron chi connectivity index (χ2n) is 7.03. The number of amides is 1. The van der Waals surface area contributed by atoms with Crippen LogP contribution in [0, 0.1) is 0 Å². The molecule has 3 aliphatic rings. The standard InChI is InChI=1S/C17H28IN5O4/c1-22(12-5-8-27-9-13(12)24)11-3-6-23(7-4-11)17(25)14-15(26-2)16(21-18)20-10-19-14/h11-13,19,24H,3-10H2,1-2H3,(H,20,21). The topological polar surface area (TPSA) is 98.7 Å². The number of likely N-dealkylation sites (tertiary alicyclic amines) is 1. The number of nitrogens with one attached hydrogen (secondary N) is 2. The van der Waals surface area contributed by atoms with Gasteiger partial charge in [-0.3, -0.25) is 9.69 Å². The Morgan fingerprint density at radius 1 is 1.44 bits per heavy atom. The van der Waals surface area contributed by atoms with Gasteiger partial charge >= 0.3 is 0 Å². The van der Waals surface area contributed by atoms with Gasteiger partial charge in [-0.05, 0) is 26.3 Å². The number of aliphatic imine (C=N–C) groups is 1. The quantitative estimate of drug-likeness (QED) is 0.369. The number of piperidine rings is 1. The van der Waals surface area contributed by atoms with Crippen LogP contribution in [0.3, 0.4) is 0 Å². The van der Waals surface area contributed by atoms with E-state index in [2.05, 4.69) is 25.8 Å². The van der Waals surface area contributed by atoms with Crippen molar-refractivity contribution >= 4 is 34.6 Å². The Balaban J connectivity index is 1.61.